The lowest BCUT2D eigenvalue weighted by Gasteiger charge is -2.25. The molecule has 0 aliphatic heterocycles. The third-order valence-electron chi connectivity index (χ3n) is 3.63. The number of carbonyl (C=O) groups excluding carboxylic acids is 1. The lowest BCUT2D eigenvalue weighted by atomic mass is 9.82. The summed E-state index contributed by atoms with van der Waals surface area (Å²) in [7, 11) is 0. The first-order valence-electron chi connectivity index (χ1n) is 6.72. The largest absolute Gasteiger partial charge is 0.354 e. The molecule has 0 fully saturated rings. The molecule has 1 aromatic rings. The summed E-state index contributed by atoms with van der Waals surface area (Å²) < 4.78 is 0. The Morgan fingerprint density at radius 3 is 3.06 bits per heavy atom. The number of aryl methyl sites for hydroxylation is 1. The molecule has 0 spiro atoms. The van der Waals surface area contributed by atoms with Gasteiger partial charge in [0.25, 0.3) is 0 Å². The molecule has 2 atom stereocenters. The Labute approximate surface area is 117 Å². The summed E-state index contributed by atoms with van der Waals surface area (Å²) in [6, 6.07) is 8.34. The summed E-state index contributed by atoms with van der Waals surface area (Å²) in [4.78, 5) is 12.6. The summed E-state index contributed by atoms with van der Waals surface area (Å²) in [5.74, 6) is 0.228. The monoisotopic (exact) mass is 309 g/mol. The minimum absolute atomic E-state index is 0.0477. The number of hydrogen-bond acceptors (Lipinski definition) is 1. The number of alkyl halides is 1. The highest BCUT2D eigenvalue weighted by Gasteiger charge is 2.25. The molecule has 0 bridgehead atoms. The number of fused-ring (bicyclic) bond motifs is 1. The van der Waals surface area contributed by atoms with Gasteiger partial charge in [-0.2, -0.15) is 0 Å². The second-order valence-corrected chi connectivity index (χ2v) is 6.19. The zero-order valence-electron chi connectivity index (χ0n) is 10.8. The predicted octanol–water partition coefficient (Wildman–Crippen LogP) is 3.40. The fourth-order valence-corrected chi connectivity index (χ4v) is 2.67. The van der Waals surface area contributed by atoms with Gasteiger partial charge in [-0.1, -0.05) is 47.1 Å². The Balaban J connectivity index is 2.04. The molecule has 18 heavy (non-hydrogen) atoms. The minimum Gasteiger partial charge on any atom is -0.354 e. The van der Waals surface area contributed by atoms with Crippen molar-refractivity contribution in [2.45, 2.75) is 43.4 Å². The maximum absolute atomic E-state index is 12.2. The van der Waals surface area contributed by atoms with Crippen molar-refractivity contribution in [3.63, 3.8) is 0 Å². The number of halogens is 1. The van der Waals surface area contributed by atoms with Crippen LogP contribution in [0.25, 0.3) is 0 Å². The fraction of sp³-hybridized carbons (Fsp3) is 0.533. The van der Waals surface area contributed by atoms with Gasteiger partial charge in [-0.05, 0) is 36.8 Å². The molecule has 0 heterocycles. The number of nitrogens with one attached hydrogen (secondary N) is 1. The molecule has 98 valence electrons. The van der Waals surface area contributed by atoms with Crippen LogP contribution in [0.3, 0.4) is 0 Å². The number of carbonyl (C=O) groups is 1. The van der Waals surface area contributed by atoms with Crippen LogP contribution in [0.1, 0.15) is 43.2 Å². The molecular formula is C15H20BrNO. The molecule has 1 aromatic carbocycles. The summed E-state index contributed by atoms with van der Waals surface area (Å²) in [5.41, 5.74) is 2.57. The van der Waals surface area contributed by atoms with E-state index in [1.54, 1.807) is 0 Å². The molecular weight excluding hydrogens is 290 g/mol. The van der Waals surface area contributed by atoms with Gasteiger partial charge in [0.1, 0.15) is 0 Å². The van der Waals surface area contributed by atoms with Gasteiger partial charge in [-0.15, -0.1) is 0 Å². The molecule has 0 aromatic heterocycles. The highest BCUT2D eigenvalue weighted by Crippen LogP contribution is 2.31. The van der Waals surface area contributed by atoms with Crippen molar-refractivity contribution < 1.29 is 4.79 Å². The van der Waals surface area contributed by atoms with Crippen LogP contribution >= 0.6 is 15.9 Å². The maximum Gasteiger partial charge on any atom is 0.227 e. The Morgan fingerprint density at radius 1 is 1.50 bits per heavy atom. The second-order valence-electron chi connectivity index (χ2n) is 4.89. The first kappa shape index (κ1) is 13.6. The molecule has 2 unspecified atom stereocenters. The smallest absolute Gasteiger partial charge is 0.227 e. The van der Waals surface area contributed by atoms with Gasteiger partial charge in [0, 0.05) is 11.4 Å². The molecule has 1 N–H and O–H groups in total. The van der Waals surface area contributed by atoms with E-state index in [0.29, 0.717) is 11.4 Å². The van der Waals surface area contributed by atoms with Crippen LogP contribution in [0.15, 0.2) is 24.3 Å². The minimum atomic E-state index is 0.0477. The third-order valence-corrected chi connectivity index (χ3v) is 4.60. The van der Waals surface area contributed by atoms with E-state index in [1.807, 2.05) is 6.07 Å². The molecule has 0 saturated heterocycles. The molecule has 1 aliphatic rings. The van der Waals surface area contributed by atoms with E-state index in [-0.39, 0.29) is 11.8 Å². The lowest BCUT2D eigenvalue weighted by molar-refractivity contribution is -0.122. The summed E-state index contributed by atoms with van der Waals surface area (Å²) in [6.45, 7) is 2.83. The van der Waals surface area contributed by atoms with E-state index >= 15 is 0 Å². The maximum atomic E-state index is 12.2. The predicted molar refractivity (Wildman–Crippen MR) is 78.1 cm³/mol. The normalized spacial score (nSPS) is 20.0. The van der Waals surface area contributed by atoms with E-state index in [9.17, 15) is 4.79 Å². The van der Waals surface area contributed by atoms with E-state index in [4.69, 9.17) is 0 Å². The topological polar surface area (TPSA) is 29.1 Å². The second kappa shape index (κ2) is 6.37. The van der Waals surface area contributed by atoms with Gasteiger partial charge in [0.15, 0.2) is 0 Å². The van der Waals surface area contributed by atoms with Crippen molar-refractivity contribution in [3.05, 3.63) is 35.4 Å². The standard InChI is InChI=1S/C15H20BrNO/c1-2-12(16)10-17-15(18)14-9-5-7-11-6-3-4-8-13(11)14/h3-4,6,8,12,14H,2,5,7,9-10H2,1H3,(H,17,18). The highest BCUT2D eigenvalue weighted by atomic mass is 79.9. The van der Waals surface area contributed by atoms with E-state index in [0.717, 1.165) is 25.7 Å². The Morgan fingerprint density at radius 2 is 2.28 bits per heavy atom. The first-order valence-corrected chi connectivity index (χ1v) is 7.63. The number of hydrogen-bond donors (Lipinski definition) is 1. The van der Waals surface area contributed by atoms with Crippen LogP contribution < -0.4 is 5.32 Å². The average molecular weight is 310 g/mol. The number of rotatable bonds is 4. The SMILES string of the molecule is CCC(Br)CNC(=O)C1CCCc2ccccc21. The Bertz CT molecular complexity index is 419. The quantitative estimate of drug-likeness (QED) is 0.849. The fourth-order valence-electron chi connectivity index (χ4n) is 2.51. The zero-order chi connectivity index (χ0) is 13.0. The molecule has 0 saturated carbocycles. The van der Waals surface area contributed by atoms with Gasteiger partial charge >= 0.3 is 0 Å². The van der Waals surface area contributed by atoms with Gasteiger partial charge in [0.05, 0.1) is 5.92 Å². The van der Waals surface area contributed by atoms with Crippen LogP contribution in [0.4, 0.5) is 0 Å². The van der Waals surface area contributed by atoms with Gasteiger partial charge < -0.3 is 5.32 Å². The molecule has 2 nitrogen and oxygen atoms in total. The van der Waals surface area contributed by atoms with Crippen LogP contribution in [0, 0.1) is 0 Å². The van der Waals surface area contributed by atoms with Gasteiger partial charge in [0.2, 0.25) is 5.91 Å². The highest BCUT2D eigenvalue weighted by molar-refractivity contribution is 9.09. The first-order chi connectivity index (χ1) is 8.72. The van der Waals surface area contributed by atoms with Crippen molar-refractivity contribution in [1.29, 1.82) is 0 Å². The Kier molecular flexibility index (Phi) is 4.81. The number of amides is 1. The molecule has 1 amide bonds. The van der Waals surface area contributed by atoms with Gasteiger partial charge in [-0.25, -0.2) is 0 Å². The van der Waals surface area contributed by atoms with E-state index < -0.39 is 0 Å². The van der Waals surface area contributed by atoms with Crippen molar-refractivity contribution in [1.82, 2.24) is 5.32 Å². The van der Waals surface area contributed by atoms with Crippen LogP contribution in [0.2, 0.25) is 0 Å². The van der Waals surface area contributed by atoms with Crippen LogP contribution in [-0.4, -0.2) is 17.3 Å². The Hall–Kier alpha value is -0.830. The summed E-state index contributed by atoms with van der Waals surface area (Å²) in [6.07, 6.45) is 4.22. The average Bonchev–Trinajstić information content (AvgIpc) is 2.43. The summed E-state index contributed by atoms with van der Waals surface area (Å²) in [5, 5.41) is 3.06. The molecule has 1 aliphatic carbocycles. The lowest BCUT2D eigenvalue weighted by Crippen LogP contribution is -2.34. The van der Waals surface area contributed by atoms with Gasteiger partial charge in [-0.3, -0.25) is 4.79 Å². The van der Waals surface area contributed by atoms with Crippen molar-refractivity contribution in [2.75, 3.05) is 6.54 Å². The zero-order valence-corrected chi connectivity index (χ0v) is 12.4. The summed E-state index contributed by atoms with van der Waals surface area (Å²) >= 11 is 3.55. The van der Waals surface area contributed by atoms with Crippen LogP contribution in [0.5, 0.6) is 0 Å². The van der Waals surface area contributed by atoms with E-state index in [1.165, 1.54) is 11.1 Å². The van der Waals surface area contributed by atoms with Crippen molar-refractivity contribution in [2.24, 2.45) is 0 Å². The number of benzene rings is 1. The van der Waals surface area contributed by atoms with Crippen LogP contribution in [-0.2, 0) is 11.2 Å². The van der Waals surface area contributed by atoms with Crippen molar-refractivity contribution in [3.8, 4) is 0 Å². The van der Waals surface area contributed by atoms with E-state index in [2.05, 4.69) is 46.4 Å². The molecule has 2 rings (SSSR count). The van der Waals surface area contributed by atoms with Crippen molar-refractivity contribution >= 4 is 21.8 Å². The molecule has 0 radical (unpaired) electrons. The third kappa shape index (κ3) is 3.14. The molecule has 3 heteroatoms.